The van der Waals surface area contributed by atoms with Gasteiger partial charge in [-0.3, -0.25) is 9.59 Å². The number of benzene rings is 2. The topological polar surface area (TPSA) is 72.2 Å². The molecule has 1 fully saturated rings. The Morgan fingerprint density at radius 3 is 1.81 bits per heavy atom. The summed E-state index contributed by atoms with van der Waals surface area (Å²) in [5, 5.41) is 2.97. The fourth-order valence-corrected chi connectivity index (χ4v) is 3.91. The van der Waals surface area contributed by atoms with Gasteiger partial charge in [-0.25, -0.2) is 0 Å². The van der Waals surface area contributed by atoms with Crippen molar-refractivity contribution >= 4 is 11.8 Å². The first-order valence-electron chi connectivity index (χ1n) is 9.36. The minimum atomic E-state index is -0.599. The lowest BCUT2D eigenvalue weighted by molar-refractivity contribution is -0.129. The Hall–Kier alpha value is -2.62. The van der Waals surface area contributed by atoms with E-state index >= 15 is 0 Å². The molecule has 4 nitrogen and oxygen atoms in total. The standard InChI is InChI=1S/C22H26N2O2/c23-21(25)20(18-14-8-3-9-15-18)24-22(26)19(16-10-4-1-5-11-16)17-12-6-2-7-13-17/h1-2,4-7,10-13,18-20H,3,8-9,14-15H2,(H2,23,25)(H,24,26)/t20-/m1/s1. The van der Waals surface area contributed by atoms with Crippen LogP contribution < -0.4 is 11.1 Å². The zero-order valence-electron chi connectivity index (χ0n) is 14.9. The predicted molar refractivity (Wildman–Crippen MR) is 102 cm³/mol. The molecule has 1 atom stereocenters. The van der Waals surface area contributed by atoms with Crippen molar-refractivity contribution in [1.82, 2.24) is 5.32 Å². The summed E-state index contributed by atoms with van der Waals surface area (Å²) in [7, 11) is 0. The van der Waals surface area contributed by atoms with Gasteiger partial charge in [0, 0.05) is 0 Å². The largest absolute Gasteiger partial charge is 0.368 e. The average Bonchev–Trinajstić information content (AvgIpc) is 2.68. The van der Waals surface area contributed by atoms with Gasteiger partial charge in [0.15, 0.2) is 0 Å². The molecule has 0 aliphatic heterocycles. The third kappa shape index (κ3) is 4.31. The van der Waals surface area contributed by atoms with Gasteiger partial charge in [0.05, 0.1) is 5.92 Å². The summed E-state index contributed by atoms with van der Waals surface area (Å²) >= 11 is 0. The van der Waals surface area contributed by atoms with E-state index in [1.165, 1.54) is 6.42 Å². The van der Waals surface area contributed by atoms with E-state index in [0.717, 1.165) is 36.8 Å². The van der Waals surface area contributed by atoms with E-state index in [1.54, 1.807) is 0 Å². The lowest BCUT2D eigenvalue weighted by Gasteiger charge is -2.30. The Kier molecular flexibility index (Phi) is 6.05. The van der Waals surface area contributed by atoms with Crippen LogP contribution in [0.2, 0.25) is 0 Å². The number of rotatable bonds is 6. The number of amides is 2. The summed E-state index contributed by atoms with van der Waals surface area (Å²) in [5.41, 5.74) is 7.45. The Morgan fingerprint density at radius 1 is 0.846 bits per heavy atom. The molecule has 0 unspecified atom stereocenters. The van der Waals surface area contributed by atoms with Crippen molar-refractivity contribution in [1.29, 1.82) is 0 Å². The monoisotopic (exact) mass is 350 g/mol. The first-order valence-corrected chi connectivity index (χ1v) is 9.36. The number of hydrogen-bond acceptors (Lipinski definition) is 2. The molecular weight excluding hydrogens is 324 g/mol. The van der Waals surface area contributed by atoms with Gasteiger partial charge in [-0.2, -0.15) is 0 Å². The van der Waals surface area contributed by atoms with Gasteiger partial charge in [0.1, 0.15) is 6.04 Å². The molecule has 4 heteroatoms. The second-order valence-corrected chi connectivity index (χ2v) is 7.04. The second-order valence-electron chi connectivity index (χ2n) is 7.04. The molecule has 3 rings (SSSR count). The highest BCUT2D eigenvalue weighted by atomic mass is 16.2. The highest BCUT2D eigenvalue weighted by molar-refractivity contribution is 5.92. The highest BCUT2D eigenvalue weighted by Gasteiger charge is 2.32. The minimum absolute atomic E-state index is 0.136. The summed E-state index contributed by atoms with van der Waals surface area (Å²) in [5.74, 6) is -0.929. The summed E-state index contributed by atoms with van der Waals surface area (Å²) < 4.78 is 0. The molecule has 136 valence electrons. The molecule has 1 saturated carbocycles. The van der Waals surface area contributed by atoms with E-state index < -0.39 is 17.9 Å². The molecule has 0 radical (unpaired) electrons. The third-order valence-electron chi connectivity index (χ3n) is 5.25. The molecule has 0 saturated heterocycles. The molecule has 1 aliphatic carbocycles. The number of carbonyl (C=O) groups is 2. The van der Waals surface area contributed by atoms with Crippen molar-refractivity contribution < 1.29 is 9.59 Å². The Labute approximate surface area is 154 Å². The molecule has 0 bridgehead atoms. The van der Waals surface area contributed by atoms with Crippen molar-refractivity contribution in [2.24, 2.45) is 11.7 Å². The van der Waals surface area contributed by atoms with E-state index in [9.17, 15) is 9.59 Å². The Morgan fingerprint density at radius 2 is 1.35 bits per heavy atom. The minimum Gasteiger partial charge on any atom is -0.368 e. The SMILES string of the molecule is NC(=O)[C@H](NC(=O)C(c1ccccc1)c1ccccc1)C1CCCCC1. The van der Waals surface area contributed by atoms with Crippen LogP contribution >= 0.6 is 0 Å². The van der Waals surface area contributed by atoms with Crippen LogP contribution in [-0.4, -0.2) is 17.9 Å². The van der Waals surface area contributed by atoms with E-state index in [0.29, 0.717) is 0 Å². The maximum absolute atomic E-state index is 13.2. The first-order chi connectivity index (χ1) is 12.7. The number of primary amides is 1. The van der Waals surface area contributed by atoms with Gasteiger partial charge in [-0.15, -0.1) is 0 Å². The van der Waals surface area contributed by atoms with E-state index in [1.807, 2.05) is 60.7 Å². The third-order valence-corrected chi connectivity index (χ3v) is 5.25. The molecular formula is C22H26N2O2. The van der Waals surface area contributed by atoms with E-state index in [4.69, 9.17) is 5.73 Å². The number of carbonyl (C=O) groups excluding carboxylic acids is 2. The maximum Gasteiger partial charge on any atom is 0.240 e. The zero-order valence-corrected chi connectivity index (χ0v) is 14.9. The lowest BCUT2D eigenvalue weighted by Crippen LogP contribution is -2.51. The fraction of sp³-hybridized carbons (Fsp3) is 0.364. The van der Waals surface area contributed by atoms with E-state index in [2.05, 4.69) is 5.32 Å². The Bertz CT molecular complexity index is 685. The first kappa shape index (κ1) is 18.2. The van der Waals surface area contributed by atoms with Crippen LogP contribution in [0.3, 0.4) is 0 Å². The average molecular weight is 350 g/mol. The quantitative estimate of drug-likeness (QED) is 0.838. The molecule has 1 aliphatic rings. The fourth-order valence-electron chi connectivity index (χ4n) is 3.91. The summed E-state index contributed by atoms with van der Waals surface area (Å²) in [6, 6.07) is 18.7. The van der Waals surface area contributed by atoms with Gasteiger partial charge < -0.3 is 11.1 Å². The van der Waals surface area contributed by atoms with Gasteiger partial charge in [-0.05, 0) is 29.9 Å². The highest BCUT2D eigenvalue weighted by Crippen LogP contribution is 2.29. The van der Waals surface area contributed by atoms with Crippen molar-refractivity contribution in [2.45, 2.75) is 44.1 Å². The number of nitrogens with two attached hydrogens (primary N) is 1. The molecule has 26 heavy (non-hydrogen) atoms. The molecule has 0 heterocycles. The van der Waals surface area contributed by atoms with E-state index in [-0.39, 0.29) is 11.8 Å². The predicted octanol–water partition coefficient (Wildman–Crippen LogP) is 3.37. The number of hydrogen-bond donors (Lipinski definition) is 2. The van der Waals surface area contributed by atoms with Crippen molar-refractivity contribution in [3.05, 3.63) is 71.8 Å². The zero-order chi connectivity index (χ0) is 18.4. The van der Waals surface area contributed by atoms with Crippen molar-refractivity contribution in [3.63, 3.8) is 0 Å². The molecule has 0 aromatic heterocycles. The van der Waals surface area contributed by atoms with Crippen LogP contribution in [0, 0.1) is 5.92 Å². The van der Waals surface area contributed by atoms with Gasteiger partial charge in [-0.1, -0.05) is 79.9 Å². The molecule has 2 aromatic rings. The summed E-state index contributed by atoms with van der Waals surface area (Å²) in [6.45, 7) is 0. The molecule has 2 amide bonds. The maximum atomic E-state index is 13.2. The normalized spacial score (nSPS) is 16.2. The van der Waals surface area contributed by atoms with Crippen LogP contribution in [0.4, 0.5) is 0 Å². The molecule has 2 aromatic carbocycles. The van der Waals surface area contributed by atoms with Crippen molar-refractivity contribution in [2.75, 3.05) is 0 Å². The van der Waals surface area contributed by atoms with Gasteiger partial charge >= 0.3 is 0 Å². The van der Waals surface area contributed by atoms with Gasteiger partial charge in [0.2, 0.25) is 11.8 Å². The lowest BCUT2D eigenvalue weighted by atomic mass is 9.83. The Balaban J connectivity index is 1.86. The second kappa shape index (κ2) is 8.65. The van der Waals surface area contributed by atoms with Crippen LogP contribution in [0.25, 0.3) is 0 Å². The molecule has 0 spiro atoms. The van der Waals surface area contributed by atoms with Crippen LogP contribution in [0.1, 0.15) is 49.1 Å². The molecule has 3 N–H and O–H groups in total. The van der Waals surface area contributed by atoms with Gasteiger partial charge in [0.25, 0.3) is 0 Å². The van der Waals surface area contributed by atoms with Crippen LogP contribution in [0.15, 0.2) is 60.7 Å². The smallest absolute Gasteiger partial charge is 0.240 e. The number of nitrogens with one attached hydrogen (secondary N) is 1. The van der Waals surface area contributed by atoms with Crippen LogP contribution in [0.5, 0.6) is 0 Å². The van der Waals surface area contributed by atoms with Crippen LogP contribution in [-0.2, 0) is 9.59 Å². The summed E-state index contributed by atoms with van der Waals surface area (Å²) in [6.07, 6.45) is 5.24. The summed E-state index contributed by atoms with van der Waals surface area (Å²) in [4.78, 5) is 25.2. The van der Waals surface area contributed by atoms with Crippen molar-refractivity contribution in [3.8, 4) is 0 Å².